The summed E-state index contributed by atoms with van der Waals surface area (Å²) in [4.78, 5) is 57.3. The molecule has 1 amide bonds. The number of nitrogens with one attached hydrogen (secondary N) is 1. The number of ether oxygens (including phenoxy) is 4. The number of carbonyl (C=O) groups excluding carboxylic acids is 4. The Kier molecular flexibility index (Phi) is 11.2. The highest BCUT2D eigenvalue weighted by atomic mass is 28.4. The van der Waals surface area contributed by atoms with Gasteiger partial charge in [0.05, 0.1) is 13.0 Å². The molecule has 0 spiro atoms. The number of pyridine rings is 1. The van der Waals surface area contributed by atoms with E-state index in [1.54, 1.807) is 26.8 Å². The Morgan fingerprint density at radius 3 is 2.34 bits per heavy atom. The summed E-state index contributed by atoms with van der Waals surface area (Å²) in [6, 6.07) is 9.39. The first kappa shape index (κ1) is 34.6. The highest BCUT2D eigenvalue weighted by Gasteiger charge is 2.43. The maximum Gasteiger partial charge on any atom is 0.332 e. The normalized spacial score (nSPS) is 21.2. The van der Waals surface area contributed by atoms with Crippen molar-refractivity contribution in [1.29, 1.82) is 0 Å². The molecule has 1 aliphatic heterocycles. The maximum absolute atomic E-state index is 13.6. The standard InChI is InChI=1S/C32H44N2O9Si/c1-19(2)29(36)42-26-20(3)41-31(38)23(18-40-30(37)22(26)17-21-13-11-10-12-14-21)34-28(35)25-27(24(39-7)15-16-33-25)43-44(8,9)32(4,5)6/h10-16,19-20,22-23,26H,17-18H2,1-9H3,(H,34,35)/t20-,22+,23?,26?/m0/s1. The number of cyclic esters (lactones) is 2. The van der Waals surface area contributed by atoms with Gasteiger partial charge in [0.1, 0.15) is 18.6 Å². The largest absolute Gasteiger partial charge is 0.539 e. The van der Waals surface area contributed by atoms with Crippen LogP contribution in [0.5, 0.6) is 11.5 Å². The molecular weight excluding hydrogens is 584 g/mol. The third kappa shape index (κ3) is 8.37. The van der Waals surface area contributed by atoms with Gasteiger partial charge in [-0.25, -0.2) is 9.78 Å². The summed E-state index contributed by atoms with van der Waals surface area (Å²) in [6.45, 7) is 14.6. The van der Waals surface area contributed by atoms with Crippen LogP contribution in [0.15, 0.2) is 42.6 Å². The third-order valence-electron chi connectivity index (χ3n) is 7.94. The Bertz CT molecular complexity index is 1340. The van der Waals surface area contributed by atoms with Crippen molar-refractivity contribution in [2.45, 2.75) is 84.3 Å². The van der Waals surface area contributed by atoms with Gasteiger partial charge in [-0.2, -0.15) is 0 Å². The number of carbonyl (C=O) groups is 4. The molecule has 11 nitrogen and oxygen atoms in total. The van der Waals surface area contributed by atoms with Gasteiger partial charge in [0.2, 0.25) is 0 Å². The fraction of sp³-hybridized carbons (Fsp3) is 0.531. The van der Waals surface area contributed by atoms with Crippen molar-refractivity contribution in [1.82, 2.24) is 10.3 Å². The van der Waals surface area contributed by atoms with Crippen LogP contribution in [0.25, 0.3) is 0 Å². The molecule has 1 aliphatic rings. The van der Waals surface area contributed by atoms with Gasteiger partial charge in [0.15, 0.2) is 29.3 Å². The molecular formula is C32H44N2O9Si. The molecule has 2 unspecified atom stereocenters. The molecule has 2 aromatic rings. The summed E-state index contributed by atoms with van der Waals surface area (Å²) in [7, 11) is -0.989. The molecule has 0 radical (unpaired) electrons. The van der Waals surface area contributed by atoms with Crippen LogP contribution in [0.2, 0.25) is 18.1 Å². The van der Waals surface area contributed by atoms with Crippen LogP contribution in [0.1, 0.15) is 57.6 Å². The molecule has 1 aromatic carbocycles. The maximum atomic E-state index is 13.6. The Morgan fingerprint density at radius 1 is 1.09 bits per heavy atom. The van der Waals surface area contributed by atoms with Crippen LogP contribution in [-0.2, 0) is 35.0 Å². The molecule has 4 atom stereocenters. The second-order valence-electron chi connectivity index (χ2n) is 12.7. The van der Waals surface area contributed by atoms with E-state index in [2.05, 4.69) is 31.1 Å². The van der Waals surface area contributed by atoms with Gasteiger partial charge in [-0.1, -0.05) is 65.0 Å². The van der Waals surface area contributed by atoms with Crippen LogP contribution in [0.4, 0.5) is 0 Å². The van der Waals surface area contributed by atoms with E-state index in [-0.39, 0.29) is 22.9 Å². The molecule has 0 aliphatic carbocycles. The molecule has 3 rings (SSSR count). The quantitative estimate of drug-likeness (QED) is 0.240. The van der Waals surface area contributed by atoms with Gasteiger partial charge in [-0.3, -0.25) is 14.4 Å². The first-order valence-corrected chi connectivity index (χ1v) is 17.6. The summed E-state index contributed by atoms with van der Waals surface area (Å²) in [5.74, 6) is -3.83. The van der Waals surface area contributed by atoms with Gasteiger partial charge in [-0.15, -0.1) is 0 Å². The molecule has 1 saturated heterocycles. The summed E-state index contributed by atoms with van der Waals surface area (Å²) < 4.78 is 28.9. The molecule has 2 heterocycles. The molecule has 1 fully saturated rings. The molecule has 0 saturated carbocycles. The number of nitrogens with zero attached hydrogens (tertiary/aromatic N) is 1. The Balaban J connectivity index is 1.92. The van der Waals surface area contributed by atoms with Gasteiger partial charge in [0.25, 0.3) is 14.2 Å². The summed E-state index contributed by atoms with van der Waals surface area (Å²) in [6.07, 6.45) is -0.578. The van der Waals surface area contributed by atoms with E-state index >= 15 is 0 Å². The lowest BCUT2D eigenvalue weighted by Gasteiger charge is -2.37. The van der Waals surface area contributed by atoms with Gasteiger partial charge in [-0.05, 0) is 37.0 Å². The Labute approximate surface area is 260 Å². The highest BCUT2D eigenvalue weighted by molar-refractivity contribution is 6.74. The van der Waals surface area contributed by atoms with Crippen molar-refractivity contribution < 1.29 is 42.6 Å². The number of methoxy groups -OCH3 is 1. The average molecular weight is 629 g/mol. The van der Waals surface area contributed by atoms with Crippen molar-refractivity contribution in [2.24, 2.45) is 11.8 Å². The third-order valence-corrected chi connectivity index (χ3v) is 12.3. The second kappa shape index (κ2) is 14.2. The number of hydrogen-bond acceptors (Lipinski definition) is 10. The first-order valence-electron chi connectivity index (χ1n) is 14.7. The van der Waals surface area contributed by atoms with Gasteiger partial charge in [0, 0.05) is 12.3 Å². The zero-order valence-electron chi connectivity index (χ0n) is 27.0. The monoisotopic (exact) mass is 628 g/mol. The van der Waals surface area contributed by atoms with E-state index < -0.39 is 68.8 Å². The van der Waals surface area contributed by atoms with Crippen LogP contribution >= 0.6 is 0 Å². The van der Waals surface area contributed by atoms with E-state index in [0.717, 1.165) is 5.56 Å². The minimum absolute atomic E-state index is 0.0908. The number of aromatic nitrogens is 1. The van der Waals surface area contributed by atoms with Crippen molar-refractivity contribution in [3.8, 4) is 11.5 Å². The van der Waals surface area contributed by atoms with Crippen molar-refractivity contribution in [3.05, 3.63) is 53.9 Å². The zero-order chi connectivity index (χ0) is 32.8. The number of hydrogen-bond donors (Lipinski definition) is 1. The summed E-state index contributed by atoms with van der Waals surface area (Å²) in [5.41, 5.74) is 0.716. The van der Waals surface area contributed by atoms with Crippen LogP contribution in [0, 0.1) is 11.8 Å². The lowest BCUT2D eigenvalue weighted by atomic mass is 9.91. The van der Waals surface area contributed by atoms with Gasteiger partial charge < -0.3 is 28.7 Å². The SMILES string of the molecule is COc1ccnc(C(=O)NC2COC(=O)[C@H](Cc3ccccc3)C(OC(=O)C(C)C)[C@H](C)OC2=O)c1O[Si](C)(C)C(C)(C)C. The minimum Gasteiger partial charge on any atom is -0.539 e. The highest BCUT2D eigenvalue weighted by Crippen LogP contribution is 2.41. The number of rotatable bonds is 9. The van der Waals surface area contributed by atoms with Crippen LogP contribution < -0.4 is 14.5 Å². The smallest absolute Gasteiger partial charge is 0.332 e. The molecule has 240 valence electrons. The summed E-state index contributed by atoms with van der Waals surface area (Å²) in [5, 5.41) is 2.40. The predicted octanol–water partition coefficient (Wildman–Crippen LogP) is 4.49. The minimum atomic E-state index is -2.45. The van der Waals surface area contributed by atoms with Crippen LogP contribution in [-0.4, -0.2) is 69.1 Å². The second-order valence-corrected chi connectivity index (χ2v) is 17.4. The van der Waals surface area contributed by atoms with Gasteiger partial charge >= 0.3 is 17.9 Å². The predicted molar refractivity (Wildman–Crippen MR) is 165 cm³/mol. The van der Waals surface area contributed by atoms with E-state index in [1.807, 2.05) is 43.4 Å². The lowest BCUT2D eigenvalue weighted by Crippen LogP contribution is -2.47. The number of esters is 3. The van der Waals surface area contributed by atoms with Crippen molar-refractivity contribution in [2.75, 3.05) is 13.7 Å². The molecule has 44 heavy (non-hydrogen) atoms. The first-order chi connectivity index (χ1) is 20.6. The molecule has 1 aromatic heterocycles. The Hall–Kier alpha value is -3.93. The van der Waals surface area contributed by atoms with E-state index in [4.69, 9.17) is 23.4 Å². The van der Waals surface area contributed by atoms with E-state index in [9.17, 15) is 19.2 Å². The average Bonchev–Trinajstić information content (AvgIpc) is 2.99. The topological polar surface area (TPSA) is 139 Å². The fourth-order valence-corrected chi connectivity index (χ4v) is 5.25. The lowest BCUT2D eigenvalue weighted by molar-refractivity contribution is -0.176. The molecule has 1 N–H and O–H groups in total. The molecule has 12 heteroatoms. The van der Waals surface area contributed by atoms with E-state index in [0.29, 0.717) is 5.75 Å². The fourth-order valence-electron chi connectivity index (χ4n) is 4.24. The van der Waals surface area contributed by atoms with Crippen molar-refractivity contribution in [3.63, 3.8) is 0 Å². The van der Waals surface area contributed by atoms with Crippen LogP contribution in [0.3, 0.4) is 0 Å². The van der Waals surface area contributed by atoms with E-state index in [1.165, 1.54) is 13.3 Å². The Morgan fingerprint density at radius 2 is 1.75 bits per heavy atom. The van der Waals surface area contributed by atoms with Crippen molar-refractivity contribution >= 4 is 32.1 Å². The summed E-state index contributed by atoms with van der Waals surface area (Å²) >= 11 is 0. The zero-order valence-corrected chi connectivity index (χ0v) is 28.0. The number of amides is 1. The molecule has 0 bridgehead atoms. The number of benzene rings is 1.